The van der Waals surface area contributed by atoms with Crippen LogP contribution in [0.4, 0.5) is 28.7 Å². The summed E-state index contributed by atoms with van der Waals surface area (Å²) < 4.78 is 0. The van der Waals surface area contributed by atoms with Gasteiger partial charge >= 0.3 is 0 Å². The Bertz CT molecular complexity index is 1310. The summed E-state index contributed by atoms with van der Waals surface area (Å²) in [4.78, 5) is 20.2. The van der Waals surface area contributed by atoms with E-state index in [0.29, 0.717) is 44.8 Å². The lowest BCUT2D eigenvalue weighted by Crippen LogP contribution is -2.51. The average molecular weight is 521 g/mol. The Labute approximate surface area is 220 Å². The van der Waals surface area contributed by atoms with Gasteiger partial charge in [0.1, 0.15) is 17.8 Å². The summed E-state index contributed by atoms with van der Waals surface area (Å²) in [5.74, 6) is 1.14. The van der Waals surface area contributed by atoms with Crippen LogP contribution < -0.4 is 20.9 Å². The van der Waals surface area contributed by atoms with Crippen molar-refractivity contribution in [2.24, 2.45) is 0 Å². The fourth-order valence-electron chi connectivity index (χ4n) is 4.26. The summed E-state index contributed by atoms with van der Waals surface area (Å²) in [6.07, 6.45) is 5.82. The number of piperazine rings is 1. The van der Waals surface area contributed by atoms with Crippen molar-refractivity contribution in [3.63, 3.8) is 0 Å². The number of hydrogen-bond donors (Lipinski definition) is 3. The molecule has 8 nitrogen and oxygen atoms in total. The molecule has 0 spiro atoms. The molecule has 2 aromatic carbocycles. The molecule has 4 aromatic rings. The third-order valence-electron chi connectivity index (χ3n) is 6.11. The molecule has 36 heavy (non-hydrogen) atoms. The highest BCUT2D eigenvalue weighted by atomic mass is 35.5. The van der Waals surface area contributed by atoms with Crippen LogP contribution in [0.15, 0.2) is 67.3 Å². The van der Waals surface area contributed by atoms with Crippen molar-refractivity contribution in [3.05, 3.63) is 77.3 Å². The zero-order valence-electron chi connectivity index (χ0n) is 19.7. The van der Waals surface area contributed by atoms with E-state index in [2.05, 4.69) is 72.0 Å². The standard InChI is InChI=1S/C26H26Cl2N8/c1-2-18-15-29-12-13-36(18)19-8-6-17(7-9-19)34-23-14-22(32-16-33-23)25-26(31-11-10-30-25)35-24-20(27)4-3-5-21(24)28/h3-11,14,16,18,29H,2,12-13,15H2,1H3,(H,31,35)(H,32,33,34). The molecule has 184 valence electrons. The predicted octanol–water partition coefficient (Wildman–Crippen LogP) is 5.92. The zero-order chi connectivity index (χ0) is 24.9. The number of anilines is 5. The van der Waals surface area contributed by atoms with Crippen molar-refractivity contribution in [2.45, 2.75) is 19.4 Å². The van der Waals surface area contributed by atoms with E-state index in [9.17, 15) is 0 Å². The SMILES string of the molecule is CCC1CNCCN1c1ccc(Nc2cc(-c3nccnc3Nc3c(Cl)cccc3Cl)ncn2)cc1. The van der Waals surface area contributed by atoms with Crippen molar-refractivity contribution < 1.29 is 0 Å². The van der Waals surface area contributed by atoms with E-state index in [4.69, 9.17) is 23.2 Å². The Balaban J connectivity index is 1.36. The van der Waals surface area contributed by atoms with Crippen LogP contribution in [-0.4, -0.2) is 45.6 Å². The van der Waals surface area contributed by atoms with Gasteiger partial charge in [0.2, 0.25) is 0 Å². The van der Waals surface area contributed by atoms with E-state index in [1.165, 1.54) is 12.0 Å². The normalized spacial score (nSPS) is 15.5. The van der Waals surface area contributed by atoms with Crippen LogP contribution in [0.1, 0.15) is 13.3 Å². The van der Waals surface area contributed by atoms with Crippen molar-refractivity contribution in [1.82, 2.24) is 25.3 Å². The van der Waals surface area contributed by atoms with E-state index < -0.39 is 0 Å². The topological polar surface area (TPSA) is 90.9 Å². The summed E-state index contributed by atoms with van der Waals surface area (Å²) in [6.45, 7) is 5.26. The molecule has 0 saturated carbocycles. The van der Waals surface area contributed by atoms with Gasteiger partial charge in [0, 0.05) is 55.5 Å². The molecule has 0 aliphatic carbocycles. The van der Waals surface area contributed by atoms with Gasteiger partial charge in [-0.2, -0.15) is 0 Å². The van der Waals surface area contributed by atoms with Gasteiger partial charge in [0.15, 0.2) is 5.82 Å². The van der Waals surface area contributed by atoms with Gasteiger partial charge in [-0.15, -0.1) is 0 Å². The van der Waals surface area contributed by atoms with Crippen molar-refractivity contribution >= 4 is 51.9 Å². The van der Waals surface area contributed by atoms with Gasteiger partial charge in [-0.05, 0) is 42.8 Å². The number of hydrogen-bond acceptors (Lipinski definition) is 8. The van der Waals surface area contributed by atoms with Gasteiger partial charge in [-0.25, -0.2) is 19.9 Å². The smallest absolute Gasteiger partial charge is 0.158 e. The second kappa shape index (κ2) is 11.1. The molecule has 1 fully saturated rings. The first kappa shape index (κ1) is 24.2. The van der Waals surface area contributed by atoms with Crippen molar-refractivity contribution in [2.75, 3.05) is 35.2 Å². The summed E-state index contributed by atoms with van der Waals surface area (Å²) in [5, 5.41) is 11.0. The van der Waals surface area contributed by atoms with Crippen LogP contribution in [0.25, 0.3) is 11.4 Å². The molecule has 0 radical (unpaired) electrons. The maximum absolute atomic E-state index is 6.33. The number of nitrogens with zero attached hydrogens (tertiary/aromatic N) is 5. The van der Waals surface area contributed by atoms with Crippen molar-refractivity contribution in [3.8, 4) is 11.4 Å². The summed E-state index contributed by atoms with van der Waals surface area (Å²) in [5.41, 5.74) is 3.88. The van der Waals surface area contributed by atoms with Gasteiger partial charge in [-0.1, -0.05) is 36.2 Å². The molecular formula is C26H26Cl2N8. The monoisotopic (exact) mass is 520 g/mol. The van der Waals surface area contributed by atoms with E-state index in [1.54, 1.807) is 30.6 Å². The Morgan fingerprint density at radius 2 is 1.75 bits per heavy atom. The van der Waals surface area contributed by atoms with Gasteiger partial charge in [0.25, 0.3) is 0 Å². The Morgan fingerprint density at radius 3 is 2.53 bits per heavy atom. The molecule has 2 aromatic heterocycles. The molecule has 1 saturated heterocycles. The molecule has 1 aliphatic rings. The number of aromatic nitrogens is 4. The lowest BCUT2D eigenvalue weighted by molar-refractivity contribution is 0.466. The molecule has 5 rings (SSSR count). The maximum atomic E-state index is 6.33. The molecular weight excluding hydrogens is 495 g/mol. The van der Waals surface area contributed by atoms with Gasteiger partial charge in [0.05, 0.1) is 21.4 Å². The lowest BCUT2D eigenvalue weighted by Gasteiger charge is -2.37. The molecule has 10 heteroatoms. The Morgan fingerprint density at radius 1 is 0.972 bits per heavy atom. The summed E-state index contributed by atoms with van der Waals surface area (Å²) in [7, 11) is 0. The van der Waals surface area contributed by atoms with Crippen LogP contribution in [-0.2, 0) is 0 Å². The third-order valence-corrected chi connectivity index (χ3v) is 6.74. The first-order valence-corrected chi connectivity index (χ1v) is 12.6. The largest absolute Gasteiger partial charge is 0.366 e. The number of para-hydroxylation sites is 1. The molecule has 0 bridgehead atoms. The number of rotatable bonds is 7. The highest BCUT2D eigenvalue weighted by Gasteiger charge is 2.20. The predicted molar refractivity (Wildman–Crippen MR) is 147 cm³/mol. The Hall–Kier alpha value is -3.46. The summed E-state index contributed by atoms with van der Waals surface area (Å²) >= 11 is 12.7. The molecule has 3 heterocycles. The third kappa shape index (κ3) is 5.36. The minimum atomic E-state index is 0.485. The van der Waals surface area contributed by atoms with Crippen LogP contribution in [0.5, 0.6) is 0 Å². The summed E-state index contributed by atoms with van der Waals surface area (Å²) in [6, 6.07) is 16.1. The molecule has 1 unspecified atom stereocenters. The molecule has 3 N–H and O–H groups in total. The van der Waals surface area contributed by atoms with E-state index in [-0.39, 0.29) is 0 Å². The molecule has 1 aliphatic heterocycles. The average Bonchev–Trinajstić information content (AvgIpc) is 2.92. The van der Waals surface area contributed by atoms with Crippen LogP contribution >= 0.6 is 23.2 Å². The molecule has 0 amide bonds. The van der Waals surface area contributed by atoms with Gasteiger partial charge < -0.3 is 20.9 Å². The maximum Gasteiger partial charge on any atom is 0.158 e. The number of nitrogens with one attached hydrogen (secondary N) is 3. The Kier molecular flexibility index (Phi) is 7.46. The minimum Gasteiger partial charge on any atom is -0.366 e. The highest BCUT2D eigenvalue weighted by molar-refractivity contribution is 6.39. The van der Waals surface area contributed by atoms with Crippen LogP contribution in [0, 0.1) is 0 Å². The fraction of sp³-hybridized carbons (Fsp3) is 0.231. The first-order valence-electron chi connectivity index (χ1n) is 11.8. The van der Waals surface area contributed by atoms with Gasteiger partial charge in [-0.3, -0.25) is 0 Å². The van der Waals surface area contributed by atoms with E-state index >= 15 is 0 Å². The highest BCUT2D eigenvalue weighted by Crippen LogP contribution is 2.34. The zero-order valence-corrected chi connectivity index (χ0v) is 21.3. The second-order valence-corrected chi connectivity index (χ2v) is 9.21. The van der Waals surface area contributed by atoms with E-state index in [1.807, 2.05) is 6.07 Å². The van der Waals surface area contributed by atoms with E-state index in [0.717, 1.165) is 31.7 Å². The first-order chi connectivity index (χ1) is 17.6. The van der Waals surface area contributed by atoms with Crippen molar-refractivity contribution in [1.29, 1.82) is 0 Å². The van der Waals surface area contributed by atoms with Crippen LogP contribution in [0.2, 0.25) is 10.0 Å². The molecule has 1 atom stereocenters. The minimum absolute atomic E-state index is 0.485. The number of benzene rings is 2. The quantitative estimate of drug-likeness (QED) is 0.276. The number of halogens is 2. The fourth-order valence-corrected chi connectivity index (χ4v) is 4.75. The second-order valence-electron chi connectivity index (χ2n) is 8.40. The van der Waals surface area contributed by atoms with Crippen LogP contribution in [0.3, 0.4) is 0 Å². The lowest BCUT2D eigenvalue weighted by atomic mass is 10.1.